The van der Waals surface area contributed by atoms with Crippen molar-refractivity contribution < 1.29 is 28.2 Å². The Morgan fingerprint density at radius 2 is 1.76 bits per heavy atom. The lowest BCUT2D eigenvalue weighted by atomic mass is 9.88. The molecule has 168 valence electrons. The van der Waals surface area contributed by atoms with Crippen molar-refractivity contribution in [1.82, 2.24) is 0 Å². The van der Waals surface area contributed by atoms with Crippen molar-refractivity contribution >= 4 is 44.3 Å². The summed E-state index contributed by atoms with van der Waals surface area (Å²) in [6.07, 6.45) is 3.06. The molecular formula is C26H21FO5S. The van der Waals surface area contributed by atoms with Crippen molar-refractivity contribution in [2.24, 2.45) is 0 Å². The lowest BCUT2D eigenvalue weighted by Gasteiger charge is -2.14. The van der Waals surface area contributed by atoms with Gasteiger partial charge in [0.05, 0.1) is 18.9 Å². The molecule has 0 unspecified atom stereocenters. The zero-order valence-electron chi connectivity index (χ0n) is 18.1. The van der Waals surface area contributed by atoms with Gasteiger partial charge in [0.1, 0.15) is 5.82 Å². The molecule has 5 nitrogen and oxygen atoms in total. The average molecular weight is 465 g/mol. The zero-order chi connectivity index (χ0) is 23.5. The number of carbonyl (C=O) groups is 3. The van der Waals surface area contributed by atoms with Crippen LogP contribution >= 0.6 is 11.3 Å². The summed E-state index contributed by atoms with van der Waals surface area (Å²) in [6.45, 7) is 0. The van der Waals surface area contributed by atoms with Gasteiger partial charge in [-0.1, -0.05) is 12.1 Å². The van der Waals surface area contributed by atoms with Gasteiger partial charge in [-0.3, -0.25) is 14.4 Å². The van der Waals surface area contributed by atoms with E-state index in [1.807, 2.05) is 0 Å². The van der Waals surface area contributed by atoms with Crippen LogP contribution in [0.25, 0.3) is 15.7 Å². The Kier molecular flexibility index (Phi) is 6.51. The highest BCUT2D eigenvalue weighted by Crippen LogP contribution is 2.37. The number of thiophene rings is 1. The van der Waals surface area contributed by atoms with Crippen LogP contribution in [0.5, 0.6) is 11.5 Å². The first-order chi connectivity index (χ1) is 15.9. The third-order valence-electron chi connectivity index (χ3n) is 5.55. The van der Waals surface area contributed by atoms with Crippen LogP contribution in [0.15, 0.2) is 59.5 Å². The highest BCUT2D eigenvalue weighted by Gasteiger charge is 2.22. The molecule has 33 heavy (non-hydrogen) atoms. The van der Waals surface area contributed by atoms with Crippen molar-refractivity contribution in [3.05, 3.63) is 76.4 Å². The molecule has 4 rings (SSSR count). The van der Waals surface area contributed by atoms with E-state index in [4.69, 9.17) is 9.47 Å². The third-order valence-corrected chi connectivity index (χ3v) is 6.56. The minimum atomic E-state index is -0.313. The van der Waals surface area contributed by atoms with Crippen LogP contribution in [-0.4, -0.2) is 31.6 Å². The fourth-order valence-corrected chi connectivity index (χ4v) is 4.86. The van der Waals surface area contributed by atoms with E-state index >= 15 is 0 Å². The van der Waals surface area contributed by atoms with E-state index in [2.05, 4.69) is 0 Å². The van der Waals surface area contributed by atoms with Gasteiger partial charge in [0.25, 0.3) is 0 Å². The van der Waals surface area contributed by atoms with Crippen LogP contribution in [0, 0.1) is 5.82 Å². The van der Waals surface area contributed by atoms with E-state index in [9.17, 15) is 18.8 Å². The number of hydrogen-bond donors (Lipinski definition) is 0. The van der Waals surface area contributed by atoms with Crippen LogP contribution < -0.4 is 9.47 Å². The Hall–Kier alpha value is -3.58. The Labute approximate surface area is 194 Å². The van der Waals surface area contributed by atoms with Crippen LogP contribution in [-0.2, 0) is 9.59 Å². The number of Topliss-reactive ketones (excluding diaryl/α,β-unsaturated/α-hetero) is 2. The number of allylic oxidation sites excluding steroid dienone is 4. The summed E-state index contributed by atoms with van der Waals surface area (Å²) in [5, 5.41) is 2.53. The molecule has 0 fully saturated rings. The Morgan fingerprint density at radius 3 is 2.52 bits per heavy atom. The van der Waals surface area contributed by atoms with Crippen molar-refractivity contribution in [2.75, 3.05) is 14.2 Å². The molecule has 0 atom stereocenters. The largest absolute Gasteiger partial charge is 0.493 e. The van der Waals surface area contributed by atoms with Crippen LogP contribution in [0.2, 0.25) is 0 Å². The predicted octanol–water partition coefficient (Wildman–Crippen LogP) is 5.57. The molecule has 1 aliphatic carbocycles. The molecule has 0 saturated carbocycles. The normalized spacial score (nSPS) is 13.5. The third kappa shape index (κ3) is 4.64. The highest BCUT2D eigenvalue weighted by atomic mass is 32.1. The zero-order valence-corrected chi connectivity index (χ0v) is 19.0. The molecule has 1 heterocycles. The monoisotopic (exact) mass is 464 g/mol. The molecule has 0 saturated heterocycles. The molecule has 0 N–H and O–H groups in total. The highest BCUT2D eigenvalue weighted by molar-refractivity contribution is 7.17. The molecular weight excluding hydrogens is 443 g/mol. The first-order valence-corrected chi connectivity index (χ1v) is 11.2. The molecule has 7 heteroatoms. The van der Waals surface area contributed by atoms with E-state index in [1.165, 1.54) is 43.8 Å². The number of ketones is 3. The molecule has 0 radical (unpaired) electrons. The average Bonchev–Trinajstić information content (AvgIpc) is 3.27. The van der Waals surface area contributed by atoms with Gasteiger partial charge in [0.2, 0.25) is 0 Å². The molecule has 0 spiro atoms. The summed E-state index contributed by atoms with van der Waals surface area (Å²) in [5.41, 5.74) is 2.20. The molecule has 0 aliphatic heterocycles. The molecule has 3 aromatic rings. The second-order valence-electron chi connectivity index (χ2n) is 7.60. The maximum atomic E-state index is 14.1. The fourth-order valence-electron chi connectivity index (χ4n) is 3.86. The summed E-state index contributed by atoms with van der Waals surface area (Å²) in [7, 11) is 2.99. The molecule has 0 bridgehead atoms. The quantitative estimate of drug-likeness (QED) is 0.408. The number of methoxy groups -OCH3 is 2. The van der Waals surface area contributed by atoms with Crippen molar-refractivity contribution in [1.29, 1.82) is 0 Å². The van der Waals surface area contributed by atoms with Gasteiger partial charge in [-0.05, 0) is 52.9 Å². The van der Waals surface area contributed by atoms with Crippen LogP contribution in [0.3, 0.4) is 0 Å². The summed E-state index contributed by atoms with van der Waals surface area (Å²) in [5.74, 6) is -0.121. The molecule has 1 aliphatic rings. The summed E-state index contributed by atoms with van der Waals surface area (Å²) >= 11 is 1.27. The second-order valence-corrected chi connectivity index (χ2v) is 8.48. The Balaban J connectivity index is 1.46. The lowest BCUT2D eigenvalue weighted by molar-refractivity contribution is -0.116. The van der Waals surface area contributed by atoms with Crippen LogP contribution in [0.1, 0.15) is 35.2 Å². The van der Waals surface area contributed by atoms with E-state index in [0.717, 1.165) is 10.9 Å². The van der Waals surface area contributed by atoms with Gasteiger partial charge < -0.3 is 9.47 Å². The molecule has 2 aromatic carbocycles. The summed E-state index contributed by atoms with van der Waals surface area (Å²) in [4.78, 5) is 37.8. The van der Waals surface area contributed by atoms with Crippen molar-refractivity contribution in [3.8, 4) is 11.5 Å². The minimum Gasteiger partial charge on any atom is -0.493 e. The first kappa shape index (κ1) is 22.6. The smallest absolute Gasteiger partial charge is 0.179 e. The van der Waals surface area contributed by atoms with Gasteiger partial charge in [-0.15, -0.1) is 11.3 Å². The van der Waals surface area contributed by atoms with E-state index in [-0.39, 0.29) is 42.4 Å². The predicted molar refractivity (Wildman–Crippen MR) is 126 cm³/mol. The van der Waals surface area contributed by atoms with Gasteiger partial charge in [-0.2, -0.15) is 0 Å². The van der Waals surface area contributed by atoms with E-state index in [1.54, 1.807) is 35.7 Å². The number of hydrogen-bond acceptors (Lipinski definition) is 6. The van der Waals surface area contributed by atoms with Gasteiger partial charge >= 0.3 is 0 Å². The second kappa shape index (κ2) is 9.50. The number of rotatable bonds is 8. The first-order valence-electron chi connectivity index (χ1n) is 10.3. The maximum Gasteiger partial charge on any atom is 0.179 e. The van der Waals surface area contributed by atoms with Gasteiger partial charge in [-0.25, -0.2) is 4.39 Å². The minimum absolute atomic E-state index is 0.00544. The Bertz CT molecular complexity index is 1330. The summed E-state index contributed by atoms with van der Waals surface area (Å²) < 4.78 is 25.0. The van der Waals surface area contributed by atoms with E-state index in [0.29, 0.717) is 32.9 Å². The number of halogens is 1. The number of benzene rings is 2. The SMILES string of the molecule is COc1ccc(C(=O)CCC(=O)C2=CC(=O)C=C(c3csc4c(F)cccc34)C2)cc1OC. The standard InChI is InChI=1S/C26H21FO5S/c1-31-24-9-6-15(13-25(24)32-2)22(29)7-8-23(30)17-10-16(11-18(28)12-17)20-14-33-26-19(20)4-3-5-21(26)27/h3-6,9,11-14H,7-8,10H2,1-2H3. The summed E-state index contributed by atoms with van der Waals surface area (Å²) in [6, 6.07) is 9.67. The Morgan fingerprint density at radius 1 is 1.00 bits per heavy atom. The maximum absolute atomic E-state index is 14.1. The number of fused-ring (bicyclic) bond motifs is 1. The number of ether oxygens (including phenoxy) is 2. The van der Waals surface area contributed by atoms with E-state index < -0.39 is 0 Å². The lowest BCUT2D eigenvalue weighted by Crippen LogP contribution is -2.12. The fraction of sp³-hybridized carbons (Fsp3) is 0.192. The molecule has 1 aromatic heterocycles. The topological polar surface area (TPSA) is 69.7 Å². The van der Waals surface area contributed by atoms with Crippen LogP contribution in [0.4, 0.5) is 4.39 Å². The van der Waals surface area contributed by atoms with Gasteiger partial charge in [0, 0.05) is 35.8 Å². The van der Waals surface area contributed by atoms with Gasteiger partial charge in [0.15, 0.2) is 28.8 Å². The van der Waals surface area contributed by atoms with Crippen molar-refractivity contribution in [3.63, 3.8) is 0 Å². The molecule has 0 amide bonds. The van der Waals surface area contributed by atoms with Crippen molar-refractivity contribution in [2.45, 2.75) is 19.3 Å². The number of carbonyl (C=O) groups excluding carboxylic acids is 3.